The molecule has 2 aromatic rings. The fourth-order valence-corrected chi connectivity index (χ4v) is 2.78. The van der Waals surface area contributed by atoms with Gasteiger partial charge in [0.2, 0.25) is 0 Å². The third-order valence-electron chi connectivity index (χ3n) is 3.95. The van der Waals surface area contributed by atoms with Crippen molar-refractivity contribution in [3.8, 4) is 11.5 Å². The molecule has 2 heterocycles. The molecule has 0 spiro atoms. The summed E-state index contributed by atoms with van der Waals surface area (Å²) < 4.78 is 12.1. The van der Waals surface area contributed by atoms with Crippen LogP contribution >= 0.6 is 0 Å². The summed E-state index contributed by atoms with van der Waals surface area (Å²) in [4.78, 5) is 14.5. The van der Waals surface area contributed by atoms with E-state index in [0.29, 0.717) is 41.4 Å². The molecule has 1 aliphatic rings. The summed E-state index contributed by atoms with van der Waals surface area (Å²) >= 11 is 0. The Labute approximate surface area is 134 Å². The Bertz CT molecular complexity index is 741. The van der Waals surface area contributed by atoms with E-state index in [2.05, 4.69) is 5.10 Å². The first-order valence-corrected chi connectivity index (χ1v) is 7.30. The molecule has 1 aliphatic heterocycles. The Morgan fingerprint density at radius 1 is 1.30 bits per heavy atom. The first-order valence-electron chi connectivity index (χ1n) is 7.30. The topological polar surface area (TPSA) is 76.8 Å². The van der Waals surface area contributed by atoms with Crippen LogP contribution in [0.1, 0.15) is 28.6 Å². The van der Waals surface area contributed by atoms with Gasteiger partial charge in [0.1, 0.15) is 11.8 Å². The number of ether oxygens (including phenoxy) is 2. The van der Waals surface area contributed by atoms with Gasteiger partial charge < -0.3 is 19.5 Å². The van der Waals surface area contributed by atoms with Crippen LogP contribution in [0.4, 0.5) is 5.69 Å². The maximum Gasteiger partial charge on any atom is 0.258 e. The van der Waals surface area contributed by atoms with Crippen molar-refractivity contribution in [1.82, 2.24) is 9.78 Å². The monoisotopic (exact) mass is 317 g/mol. The molecule has 0 saturated heterocycles. The third-order valence-corrected chi connectivity index (χ3v) is 3.95. The van der Waals surface area contributed by atoms with Crippen molar-refractivity contribution >= 4 is 11.6 Å². The van der Waals surface area contributed by atoms with Gasteiger partial charge in [-0.15, -0.1) is 0 Å². The highest BCUT2D eigenvalue weighted by atomic mass is 16.5. The van der Waals surface area contributed by atoms with Crippen molar-refractivity contribution in [1.29, 1.82) is 0 Å². The number of aromatic nitrogens is 2. The van der Waals surface area contributed by atoms with Crippen molar-refractivity contribution in [3.63, 3.8) is 0 Å². The number of aryl methyl sites for hydroxylation is 1. The first kappa shape index (κ1) is 15.4. The van der Waals surface area contributed by atoms with Crippen LogP contribution in [0.5, 0.6) is 11.5 Å². The normalized spacial score (nSPS) is 16.9. The number of amides is 1. The van der Waals surface area contributed by atoms with Gasteiger partial charge in [-0.1, -0.05) is 0 Å². The molecule has 0 aliphatic carbocycles. The lowest BCUT2D eigenvalue weighted by molar-refractivity contribution is 0.0969. The predicted molar refractivity (Wildman–Crippen MR) is 84.0 cm³/mol. The first-order chi connectivity index (χ1) is 11.0. The minimum absolute atomic E-state index is 0.160. The Kier molecular flexibility index (Phi) is 3.96. The molecular weight excluding hydrogens is 298 g/mol. The van der Waals surface area contributed by atoms with E-state index in [9.17, 15) is 9.90 Å². The maximum atomic E-state index is 12.9. The van der Waals surface area contributed by atoms with Crippen LogP contribution in [0.2, 0.25) is 0 Å². The number of carbonyl (C=O) groups excluding carboxylic acids is 1. The van der Waals surface area contributed by atoms with E-state index in [1.54, 1.807) is 48.1 Å². The lowest BCUT2D eigenvalue weighted by Crippen LogP contribution is -2.36. The Balaban J connectivity index is 1.96. The second-order valence-corrected chi connectivity index (χ2v) is 5.40. The number of benzene rings is 1. The van der Waals surface area contributed by atoms with Crippen LogP contribution < -0.4 is 14.4 Å². The molecule has 0 radical (unpaired) electrons. The van der Waals surface area contributed by atoms with Crippen molar-refractivity contribution in [2.24, 2.45) is 7.05 Å². The quantitative estimate of drug-likeness (QED) is 0.929. The van der Waals surface area contributed by atoms with E-state index in [1.165, 1.54) is 7.11 Å². The second kappa shape index (κ2) is 5.92. The molecule has 7 heteroatoms. The number of carbonyl (C=O) groups is 1. The summed E-state index contributed by atoms with van der Waals surface area (Å²) in [5.41, 5.74) is 1.67. The molecule has 1 amide bonds. The Morgan fingerprint density at radius 3 is 2.74 bits per heavy atom. The van der Waals surface area contributed by atoms with Gasteiger partial charge in [0.15, 0.2) is 11.5 Å². The molecule has 0 saturated carbocycles. The average Bonchev–Trinajstić information content (AvgIpc) is 2.96. The van der Waals surface area contributed by atoms with Crippen LogP contribution in [0.15, 0.2) is 24.4 Å². The van der Waals surface area contributed by atoms with Gasteiger partial charge in [0.25, 0.3) is 5.91 Å². The number of aliphatic hydroxyl groups is 1. The molecule has 7 nitrogen and oxygen atoms in total. The number of hydrogen-bond donors (Lipinski definition) is 1. The smallest absolute Gasteiger partial charge is 0.258 e. The van der Waals surface area contributed by atoms with Gasteiger partial charge in [-0.25, -0.2) is 0 Å². The molecule has 122 valence electrons. The van der Waals surface area contributed by atoms with Crippen molar-refractivity contribution in [3.05, 3.63) is 35.7 Å². The van der Waals surface area contributed by atoms with Gasteiger partial charge >= 0.3 is 0 Å². The predicted octanol–water partition coefficient (Wildman–Crippen LogP) is 1.52. The molecule has 1 N–H and O–H groups in total. The molecule has 1 aromatic heterocycles. The van der Waals surface area contributed by atoms with Gasteiger partial charge in [-0.3, -0.25) is 9.48 Å². The van der Waals surface area contributed by atoms with Crippen molar-refractivity contribution in [2.75, 3.05) is 25.7 Å². The van der Waals surface area contributed by atoms with Gasteiger partial charge in [0, 0.05) is 25.4 Å². The summed E-state index contributed by atoms with van der Waals surface area (Å²) in [6.45, 7) is 0.438. The van der Waals surface area contributed by atoms with Crippen LogP contribution in [-0.2, 0) is 7.05 Å². The number of aliphatic hydroxyl groups excluding tert-OH is 1. The SMILES string of the molecule is COc1ccc(C(=O)N2CCC(O)c3nn(C)cc32)cc1OC. The van der Waals surface area contributed by atoms with Crippen LogP contribution in [0.3, 0.4) is 0 Å². The largest absolute Gasteiger partial charge is 0.493 e. The standard InChI is InChI=1S/C16H19N3O4/c1-18-9-11-15(17-18)12(20)6-7-19(11)16(21)10-4-5-13(22-2)14(8-10)23-3/h4-5,8-9,12,20H,6-7H2,1-3H3. The summed E-state index contributed by atoms with van der Waals surface area (Å²) in [6, 6.07) is 5.06. The lowest BCUT2D eigenvalue weighted by Gasteiger charge is -2.28. The zero-order valence-electron chi connectivity index (χ0n) is 13.3. The Morgan fingerprint density at radius 2 is 2.04 bits per heavy atom. The maximum absolute atomic E-state index is 12.9. The summed E-state index contributed by atoms with van der Waals surface area (Å²) in [6.07, 6.45) is 1.57. The second-order valence-electron chi connectivity index (χ2n) is 5.40. The minimum atomic E-state index is -0.638. The molecule has 23 heavy (non-hydrogen) atoms. The fourth-order valence-electron chi connectivity index (χ4n) is 2.78. The van der Waals surface area contributed by atoms with E-state index in [4.69, 9.17) is 9.47 Å². The van der Waals surface area contributed by atoms with E-state index in [-0.39, 0.29) is 5.91 Å². The van der Waals surface area contributed by atoms with Crippen LogP contribution in [0, 0.1) is 0 Å². The fraction of sp³-hybridized carbons (Fsp3) is 0.375. The minimum Gasteiger partial charge on any atom is -0.493 e. The number of hydrogen-bond acceptors (Lipinski definition) is 5. The molecule has 1 unspecified atom stereocenters. The summed E-state index contributed by atoms with van der Waals surface area (Å²) in [5.74, 6) is 0.911. The highest BCUT2D eigenvalue weighted by molar-refractivity contribution is 6.07. The van der Waals surface area contributed by atoms with Gasteiger partial charge in [-0.05, 0) is 24.6 Å². The van der Waals surface area contributed by atoms with E-state index >= 15 is 0 Å². The number of anilines is 1. The summed E-state index contributed by atoms with van der Waals surface area (Å²) in [5, 5.41) is 14.3. The highest BCUT2D eigenvalue weighted by Gasteiger charge is 2.31. The summed E-state index contributed by atoms with van der Waals surface area (Å²) in [7, 11) is 4.85. The Hall–Kier alpha value is -2.54. The lowest BCUT2D eigenvalue weighted by atomic mass is 10.0. The van der Waals surface area contributed by atoms with Crippen LogP contribution in [0.25, 0.3) is 0 Å². The third kappa shape index (κ3) is 2.63. The van der Waals surface area contributed by atoms with Crippen molar-refractivity contribution < 1.29 is 19.4 Å². The molecule has 1 aromatic carbocycles. The van der Waals surface area contributed by atoms with E-state index < -0.39 is 6.10 Å². The molecule has 1 atom stereocenters. The number of rotatable bonds is 3. The molecule has 0 fully saturated rings. The number of nitrogens with zero attached hydrogens (tertiary/aromatic N) is 3. The van der Waals surface area contributed by atoms with E-state index in [0.717, 1.165) is 0 Å². The van der Waals surface area contributed by atoms with Gasteiger partial charge in [-0.2, -0.15) is 5.10 Å². The highest BCUT2D eigenvalue weighted by Crippen LogP contribution is 2.34. The van der Waals surface area contributed by atoms with Crippen molar-refractivity contribution in [2.45, 2.75) is 12.5 Å². The molecular formula is C16H19N3O4. The zero-order valence-corrected chi connectivity index (χ0v) is 13.3. The molecule has 0 bridgehead atoms. The number of fused-ring (bicyclic) bond motifs is 1. The van der Waals surface area contributed by atoms with Gasteiger partial charge in [0.05, 0.1) is 19.9 Å². The zero-order chi connectivity index (χ0) is 16.6. The average molecular weight is 317 g/mol. The molecule has 3 rings (SSSR count). The number of methoxy groups -OCH3 is 2. The van der Waals surface area contributed by atoms with E-state index in [1.807, 2.05) is 0 Å². The van der Waals surface area contributed by atoms with Crippen LogP contribution in [-0.4, -0.2) is 41.6 Å².